The molecule has 3 nitrogen and oxygen atoms in total. The van der Waals surface area contributed by atoms with Crippen molar-refractivity contribution in [1.82, 2.24) is 9.80 Å². The van der Waals surface area contributed by atoms with Gasteiger partial charge in [0.15, 0.2) is 0 Å². The average Bonchev–Trinajstić information content (AvgIpc) is 2.59. The number of likely N-dealkylation sites (tertiary alicyclic amines) is 2. The predicted octanol–water partition coefficient (Wildman–Crippen LogP) is 4.03. The Morgan fingerprint density at radius 2 is 1.55 bits per heavy atom. The van der Waals surface area contributed by atoms with Gasteiger partial charge in [-0.1, -0.05) is 34.1 Å². The zero-order chi connectivity index (χ0) is 16.4. The van der Waals surface area contributed by atoms with Gasteiger partial charge in [-0.25, -0.2) is 0 Å². The van der Waals surface area contributed by atoms with Crippen LogP contribution in [0.25, 0.3) is 0 Å². The fourth-order valence-corrected chi connectivity index (χ4v) is 3.89. The number of ether oxygens (including phenoxy) is 1. The van der Waals surface area contributed by atoms with Gasteiger partial charge in [0.05, 0.1) is 5.60 Å². The number of nitrogens with zero attached hydrogens (tertiary/aromatic N) is 2. The van der Waals surface area contributed by atoms with E-state index in [2.05, 4.69) is 23.6 Å². The van der Waals surface area contributed by atoms with Crippen LogP contribution >= 0.6 is 0 Å². The first-order valence-electron chi connectivity index (χ1n) is 9.71. The molecule has 2 heterocycles. The van der Waals surface area contributed by atoms with Crippen molar-refractivity contribution in [3.05, 3.63) is 0 Å². The molecular formula is C19H40N2O. The molecule has 0 aromatic heterocycles. The van der Waals surface area contributed by atoms with Gasteiger partial charge >= 0.3 is 0 Å². The minimum absolute atomic E-state index is 0.128. The van der Waals surface area contributed by atoms with Crippen LogP contribution in [0, 0.1) is 5.92 Å². The van der Waals surface area contributed by atoms with Crippen LogP contribution in [0.2, 0.25) is 0 Å². The molecule has 2 aliphatic heterocycles. The second kappa shape index (κ2) is 10.6. The molecule has 0 radical (unpaired) electrons. The van der Waals surface area contributed by atoms with Gasteiger partial charge in [-0.15, -0.1) is 0 Å². The quantitative estimate of drug-likeness (QED) is 0.736. The molecule has 2 fully saturated rings. The van der Waals surface area contributed by atoms with Gasteiger partial charge in [-0.2, -0.15) is 0 Å². The molecule has 0 unspecified atom stereocenters. The Labute approximate surface area is 139 Å². The van der Waals surface area contributed by atoms with Crippen LogP contribution in [-0.4, -0.2) is 61.8 Å². The second-order valence-electron chi connectivity index (χ2n) is 6.86. The Balaban J connectivity index is 0.00000116. The lowest BCUT2D eigenvalue weighted by Gasteiger charge is -2.44. The van der Waals surface area contributed by atoms with E-state index in [4.69, 9.17) is 4.74 Å². The standard InChI is InChI=1S/C17H34N2O.C2H6/c1-4-10-18-13-8-17(20-3,9-14-18)15-19-11-6-16(5-2)7-12-19;1-2/h16H,4-15H2,1-3H3;1-2H3. The molecule has 0 atom stereocenters. The number of rotatable bonds is 6. The van der Waals surface area contributed by atoms with Crippen LogP contribution in [-0.2, 0) is 4.74 Å². The first-order chi connectivity index (χ1) is 10.7. The van der Waals surface area contributed by atoms with Crippen LogP contribution in [0.15, 0.2) is 0 Å². The molecule has 0 amide bonds. The van der Waals surface area contributed by atoms with Crippen molar-refractivity contribution < 1.29 is 4.74 Å². The molecule has 0 saturated carbocycles. The summed E-state index contributed by atoms with van der Waals surface area (Å²) in [6, 6.07) is 0. The Morgan fingerprint density at radius 3 is 2.00 bits per heavy atom. The highest BCUT2D eigenvalue weighted by molar-refractivity contribution is 4.91. The largest absolute Gasteiger partial charge is 0.377 e. The zero-order valence-electron chi connectivity index (χ0n) is 15.9. The number of piperidine rings is 2. The van der Waals surface area contributed by atoms with Gasteiger partial charge in [0.25, 0.3) is 0 Å². The average molecular weight is 313 g/mol. The molecule has 2 rings (SSSR count). The van der Waals surface area contributed by atoms with E-state index in [0.29, 0.717) is 0 Å². The Morgan fingerprint density at radius 1 is 0.955 bits per heavy atom. The van der Waals surface area contributed by atoms with Crippen molar-refractivity contribution in [2.45, 2.75) is 71.8 Å². The predicted molar refractivity (Wildman–Crippen MR) is 96.5 cm³/mol. The maximum Gasteiger partial charge on any atom is 0.0829 e. The van der Waals surface area contributed by atoms with Crippen molar-refractivity contribution in [1.29, 1.82) is 0 Å². The van der Waals surface area contributed by atoms with E-state index in [1.807, 2.05) is 21.0 Å². The van der Waals surface area contributed by atoms with E-state index in [1.54, 1.807) is 0 Å². The van der Waals surface area contributed by atoms with E-state index in [1.165, 1.54) is 71.2 Å². The van der Waals surface area contributed by atoms with Gasteiger partial charge in [-0.05, 0) is 57.7 Å². The highest BCUT2D eigenvalue weighted by Crippen LogP contribution is 2.29. The summed E-state index contributed by atoms with van der Waals surface area (Å²) in [5, 5.41) is 0. The third-order valence-corrected chi connectivity index (χ3v) is 5.54. The summed E-state index contributed by atoms with van der Waals surface area (Å²) in [6.45, 7) is 16.0. The Hall–Kier alpha value is -0.120. The molecule has 0 bridgehead atoms. The number of hydrogen-bond donors (Lipinski definition) is 0. The van der Waals surface area contributed by atoms with Crippen LogP contribution < -0.4 is 0 Å². The van der Waals surface area contributed by atoms with Crippen LogP contribution in [0.3, 0.4) is 0 Å². The van der Waals surface area contributed by atoms with E-state index < -0.39 is 0 Å². The summed E-state index contributed by atoms with van der Waals surface area (Å²) in [4.78, 5) is 5.26. The van der Waals surface area contributed by atoms with Gasteiger partial charge in [0, 0.05) is 26.7 Å². The van der Waals surface area contributed by atoms with Crippen LogP contribution in [0.1, 0.15) is 66.2 Å². The van der Waals surface area contributed by atoms with Gasteiger partial charge in [-0.3, -0.25) is 0 Å². The molecule has 0 N–H and O–H groups in total. The minimum Gasteiger partial charge on any atom is -0.377 e. The van der Waals surface area contributed by atoms with Crippen molar-refractivity contribution in [3.63, 3.8) is 0 Å². The summed E-state index contributed by atoms with van der Waals surface area (Å²) in [6.07, 6.45) is 7.81. The summed E-state index contributed by atoms with van der Waals surface area (Å²) in [5.41, 5.74) is 0.128. The minimum atomic E-state index is 0.128. The zero-order valence-corrected chi connectivity index (χ0v) is 15.9. The van der Waals surface area contributed by atoms with Gasteiger partial charge in [0.1, 0.15) is 0 Å². The maximum absolute atomic E-state index is 5.99. The molecule has 0 aromatic carbocycles. The van der Waals surface area contributed by atoms with Gasteiger partial charge < -0.3 is 14.5 Å². The SMILES string of the molecule is CC.CCCN1CCC(CN2CCC(CC)CC2)(OC)CC1. The lowest BCUT2D eigenvalue weighted by Crippen LogP contribution is -2.53. The molecule has 0 spiro atoms. The molecular weight excluding hydrogens is 272 g/mol. The number of hydrogen-bond acceptors (Lipinski definition) is 3. The molecule has 22 heavy (non-hydrogen) atoms. The van der Waals surface area contributed by atoms with E-state index in [0.717, 1.165) is 12.5 Å². The highest BCUT2D eigenvalue weighted by Gasteiger charge is 2.36. The normalized spacial score (nSPS) is 23.9. The Kier molecular flexibility index (Phi) is 9.62. The van der Waals surface area contributed by atoms with Crippen molar-refractivity contribution in [2.75, 3.05) is 46.4 Å². The summed E-state index contributed by atoms with van der Waals surface area (Å²) >= 11 is 0. The van der Waals surface area contributed by atoms with E-state index in [-0.39, 0.29) is 5.60 Å². The van der Waals surface area contributed by atoms with Crippen LogP contribution in [0.4, 0.5) is 0 Å². The third kappa shape index (κ3) is 5.82. The third-order valence-electron chi connectivity index (χ3n) is 5.54. The molecule has 2 saturated heterocycles. The molecule has 0 aliphatic carbocycles. The monoisotopic (exact) mass is 312 g/mol. The summed E-state index contributed by atoms with van der Waals surface area (Å²) in [7, 11) is 1.92. The molecule has 3 heteroatoms. The maximum atomic E-state index is 5.99. The molecule has 132 valence electrons. The van der Waals surface area contributed by atoms with Crippen molar-refractivity contribution in [2.24, 2.45) is 5.92 Å². The van der Waals surface area contributed by atoms with Crippen molar-refractivity contribution in [3.8, 4) is 0 Å². The Bertz CT molecular complexity index is 267. The highest BCUT2D eigenvalue weighted by atomic mass is 16.5. The summed E-state index contributed by atoms with van der Waals surface area (Å²) < 4.78 is 5.99. The van der Waals surface area contributed by atoms with Gasteiger partial charge in [0.2, 0.25) is 0 Å². The first-order valence-corrected chi connectivity index (χ1v) is 9.71. The fourth-order valence-electron chi connectivity index (χ4n) is 3.89. The first kappa shape index (κ1) is 19.9. The van der Waals surface area contributed by atoms with E-state index >= 15 is 0 Å². The molecule has 2 aliphatic rings. The lowest BCUT2D eigenvalue weighted by molar-refractivity contribution is -0.0800. The lowest BCUT2D eigenvalue weighted by atomic mass is 9.88. The van der Waals surface area contributed by atoms with Crippen LogP contribution in [0.5, 0.6) is 0 Å². The summed E-state index contributed by atoms with van der Waals surface area (Å²) in [5.74, 6) is 0.969. The fraction of sp³-hybridized carbons (Fsp3) is 1.00. The molecule has 0 aromatic rings. The second-order valence-corrected chi connectivity index (χ2v) is 6.86. The number of methoxy groups -OCH3 is 1. The van der Waals surface area contributed by atoms with E-state index in [9.17, 15) is 0 Å². The topological polar surface area (TPSA) is 15.7 Å². The van der Waals surface area contributed by atoms with Crippen molar-refractivity contribution >= 4 is 0 Å². The smallest absolute Gasteiger partial charge is 0.0829 e.